The zero-order valence-electron chi connectivity index (χ0n) is 13.2. The lowest BCUT2D eigenvalue weighted by molar-refractivity contribution is 0.498. The largest absolute Gasteiger partial charge is 0.468 e. The molecule has 0 amide bonds. The van der Waals surface area contributed by atoms with E-state index < -0.39 is 20.0 Å². The van der Waals surface area contributed by atoms with Crippen molar-refractivity contribution in [3.63, 3.8) is 0 Å². The highest BCUT2D eigenvalue weighted by Crippen LogP contribution is 2.07. The van der Waals surface area contributed by atoms with Crippen molar-refractivity contribution in [2.45, 2.75) is 19.2 Å². The second-order valence-corrected chi connectivity index (χ2v) is 9.10. The summed E-state index contributed by atoms with van der Waals surface area (Å²) in [5.41, 5.74) is 1.62. The van der Waals surface area contributed by atoms with Gasteiger partial charge in [0, 0.05) is 6.54 Å². The smallest absolute Gasteiger partial charge is 0.215 e. The Kier molecular flexibility index (Phi) is 6.16. The highest BCUT2D eigenvalue weighted by atomic mass is 32.2. The molecule has 0 unspecified atom stereocenters. The van der Waals surface area contributed by atoms with E-state index in [4.69, 9.17) is 4.42 Å². The van der Waals surface area contributed by atoms with Gasteiger partial charge < -0.3 is 4.42 Å². The second kappa shape index (κ2) is 7.93. The summed E-state index contributed by atoms with van der Waals surface area (Å²) in [5.74, 6) is -0.0476. The Labute approximate surface area is 142 Å². The molecule has 0 aliphatic carbocycles. The molecule has 0 radical (unpaired) electrons. The Morgan fingerprint density at radius 1 is 1.00 bits per heavy atom. The van der Waals surface area contributed by atoms with Crippen molar-refractivity contribution in [2.75, 3.05) is 12.3 Å². The average Bonchev–Trinajstić information content (AvgIpc) is 2.97. The van der Waals surface area contributed by atoms with Crippen LogP contribution in [0.25, 0.3) is 0 Å². The number of aryl methyl sites for hydroxylation is 1. The first kappa shape index (κ1) is 18.7. The van der Waals surface area contributed by atoms with Crippen LogP contribution in [0.2, 0.25) is 0 Å². The molecule has 9 heteroatoms. The first-order chi connectivity index (χ1) is 11.3. The standard InChI is InChI=1S/C15H20N2O5S2/c1-13-4-2-5-14(10-13)12-24(20,21)16-7-9-23(18,19)17-11-15-6-3-8-22-15/h2-6,8,10,16-17H,7,9,11-12H2,1H3. The van der Waals surface area contributed by atoms with Crippen molar-refractivity contribution in [1.29, 1.82) is 0 Å². The molecular weight excluding hydrogens is 352 g/mol. The van der Waals surface area contributed by atoms with E-state index in [2.05, 4.69) is 9.44 Å². The van der Waals surface area contributed by atoms with Gasteiger partial charge in [-0.15, -0.1) is 0 Å². The molecule has 0 aliphatic rings. The molecule has 2 aromatic rings. The molecule has 0 aliphatic heterocycles. The maximum atomic E-state index is 12.0. The molecule has 1 heterocycles. The van der Waals surface area contributed by atoms with Gasteiger partial charge in [0.15, 0.2) is 0 Å². The van der Waals surface area contributed by atoms with Gasteiger partial charge >= 0.3 is 0 Å². The van der Waals surface area contributed by atoms with Crippen molar-refractivity contribution in [1.82, 2.24) is 9.44 Å². The molecule has 0 spiro atoms. The summed E-state index contributed by atoms with van der Waals surface area (Å²) in [7, 11) is -7.19. The van der Waals surface area contributed by atoms with E-state index in [1.54, 1.807) is 30.3 Å². The lowest BCUT2D eigenvalue weighted by Crippen LogP contribution is -2.34. The lowest BCUT2D eigenvalue weighted by Gasteiger charge is -2.08. The van der Waals surface area contributed by atoms with Crippen LogP contribution in [0.1, 0.15) is 16.9 Å². The minimum absolute atomic E-state index is 0.0331. The van der Waals surface area contributed by atoms with Crippen molar-refractivity contribution < 1.29 is 21.3 Å². The van der Waals surface area contributed by atoms with E-state index in [1.807, 2.05) is 13.0 Å². The van der Waals surface area contributed by atoms with Crippen LogP contribution >= 0.6 is 0 Å². The number of rotatable bonds is 9. The van der Waals surface area contributed by atoms with Gasteiger partial charge in [-0.05, 0) is 24.6 Å². The van der Waals surface area contributed by atoms with Crippen LogP contribution < -0.4 is 9.44 Å². The van der Waals surface area contributed by atoms with E-state index in [0.717, 1.165) is 5.56 Å². The van der Waals surface area contributed by atoms with Crippen molar-refractivity contribution in [2.24, 2.45) is 0 Å². The summed E-state index contributed by atoms with van der Waals surface area (Å²) >= 11 is 0. The summed E-state index contributed by atoms with van der Waals surface area (Å²) < 4.78 is 57.3. The van der Waals surface area contributed by atoms with E-state index in [-0.39, 0.29) is 24.6 Å². The fourth-order valence-electron chi connectivity index (χ4n) is 2.07. The minimum atomic E-state index is -3.60. The van der Waals surface area contributed by atoms with Crippen LogP contribution in [0.4, 0.5) is 0 Å². The van der Waals surface area contributed by atoms with E-state index >= 15 is 0 Å². The van der Waals surface area contributed by atoms with E-state index in [1.165, 1.54) is 6.26 Å². The minimum Gasteiger partial charge on any atom is -0.468 e. The maximum Gasteiger partial charge on any atom is 0.215 e. The zero-order chi connectivity index (χ0) is 17.6. The van der Waals surface area contributed by atoms with Crippen LogP contribution in [0.15, 0.2) is 47.1 Å². The first-order valence-electron chi connectivity index (χ1n) is 7.28. The Balaban J connectivity index is 1.81. The summed E-state index contributed by atoms with van der Waals surface area (Å²) in [6, 6.07) is 10.5. The summed E-state index contributed by atoms with van der Waals surface area (Å²) in [5, 5.41) is 0. The van der Waals surface area contributed by atoms with Crippen molar-refractivity contribution in [3.05, 3.63) is 59.5 Å². The molecule has 0 saturated carbocycles. The molecule has 0 fully saturated rings. The third-order valence-electron chi connectivity index (χ3n) is 3.18. The topological polar surface area (TPSA) is 105 Å². The van der Waals surface area contributed by atoms with Crippen molar-refractivity contribution in [3.8, 4) is 0 Å². The number of furan rings is 1. The molecule has 2 N–H and O–H groups in total. The molecule has 2 rings (SSSR count). The van der Waals surface area contributed by atoms with Gasteiger partial charge in [-0.2, -0.15) is 0 Å². The molecule has 0 bridgehead atoms. The van der Waals surface area contributed by atoms with E-state index in [0.29, 0.717) is 11.3 Å². The van der Waals surface area contributed by atoms with Gasteiger partial charge in [0.1, 0.15) is 5.76 Å². The molecule has 7 nitrogen and oxygen atoms in total. The molecular formula is C15H20N2O5S2. The van der Waals surface area contributed by atoms with E-state index in [9.17, 15) is 16.8 Å². The van der Waals surface area contributed by atoms with Gasteiger partial charge in [-0.1, -0.05) is 29.8 Å². The van der Waals surface area contributed by atoms with Gasteiger partial charge in [-0.3, -0.25) is 0 Å². The number of benzene rings is 1. The third kappa shape index (κ3) is 6.44. The third-order valence-corrected chi connectivity index (χ3v) is 5.86. The fourth-order valence-corrected chi connectivity index (χ4v) is 4.21. The number of sulfonamides is 2. The summed E-state index contributed by atoms with van der Waals surface area (Å²) in [4.78, 5) is 0. The first-order valence-corrected chi connectivity index (χ1v) is 10.6. The molecule has 132 valence electrons. The van der Waals surface area contributed by atoms with Crippen LogP contribution in [0.5, 0.6) is 0 Å². The summed E-state index contributed by atoms with van der Waals surface area (Å²) in [6.45, 7) is 1.72. The van der Waals surface area contributed by atoms with Gasteiger partial charge in [0.2, 0.25) is 20.0 Å². The number of hydrogen-bond acceptors (Lipinski definition) is 5. The van der Waals surface area contributed by atoms with Crippen LogP contribution in [0.3, 0.4) is 0 Å². The normalized spacial score (nSPS) is 12.4. The Hall–Kier alpha value is -1.68. The van der Waals surface area contributed by atoms with Gasteiger partial charge in [-0.25, -0.2) is 26.3 Å². The maximum absolute atomic E-state index is 12.0. The monoisotopic (exact) mass is 372 g/mol. The number of hydrogen-bond donors (Lipinski definition) is 2. The lowest BCUT2D eigenvalue weighted by atomic mass is 10.2. The molecule has 0 saturated heterocycles. The molecule has 24 heavy (non-hydrogen) atoms. The fraction of sp³-hybridized carbons (Fsp3) is 0.333. The van der Waals surface area contributed by atoms with Crippen molar-refractivity contribution >= 4 is 20.0 Å². The SMILES string of the molecule is Cc1cccc(CS(=O)(=O)NCCS(=O)(=O)NCc2ccco2)c1. The van der Waals surface area contributed by atoms with Crippen LogP contribution in [-0.4, -0.2) is 29.1 Å². The molecule has 1 aromatic heterocycles. The Morgan fingerprint density at radius 3 is 2.46 bits per heavy atom. The highest BCUT2D eigenvalue weighted by molar-refractivity contribution is 7.90. The van der Waals surface area contributed by atoms with Gasteiger partial charge in [0.05, 0.1) is 24.3 Å². The van der Waals surface area contributed by atoms with Crippen LogP contribution in [0, 0.1) is 6.92 Å². The average molecular weight is 372 g/mol. The van der Waals surface area contributed by atoms with Gasteiger partial charge in [0.25, 0.3) is 0 Å². The Bertz CT molecular complexity index is 859. The zero-order valence-corrected chi connectivity index (χ0v) is 14.9. The molecule has 0 atom stereocenters. The second-order valence-electron chi connectivity index (χ2n) is 5.36. The number of nitrogens with one attached hydrogen (secondary N) is 2. The van der Waals surface area contributed by atoms with Crippen LogP contribution in [-0.2, 0) is 32.3 Å². The summed E-state index contributed by atoms with van der Waals surface area (Å²) in [6.07, 6.45) is 1.45. The predicted molar refractivity (Wildman–Crippen MR) is 91.1 cm³/mol. The Morgan fingerprint density at radius 2 is 1.79 bits per heavy atom. The predicted octanol–water partition coefficient (Wildman–Crippen LogP) is 1.13. The quantitative estimate of drug-likeness (QED) is 0.686. The molecule has 1 aromatic carbocycles. The highest BCUT2D eigenvalue weighted by Gasteiger charge is 2.15.